The van der Waals surface area contributed by atoms with Gasteiger partial charge in [0.2, 0.25) is 11.8 Å². The molecule has 1 aromatic rings. The minimum Gasteiger partial charge on any atom is -0.343 e. The van der Waals surface area contributed by atoms with Gasteiger partial charge in [-0.1, -0.05) is 43.0 Å². The highest BCUT2D eigenvalue weighted by atomic mass is 35.5. The normalized spacial score (nSPS) is 24.2. The van der Waals surface area contributed by atoms with Crippen molar-refractivity contribution in [1.82, 2.24) is 20.4 Å². The fraction of sp³-hybridized carbons (Fsp3) is 0.679. The number of carbonyl (C=O) groups excluding carboxylic acids is 3. The second kappa shape index (κ2) is 12.1. The number of likely N-dealkylation sites (tertiary alicyclic amines) is 1. The topological polar surface area (TPSA) is 81.8 Å². The number of amides is 2. The van der Waals surface area contributed by atoms with Crippen molar-refractivity contribution in [2.45, 2.75) is 70.4 Å². The summed E-state index contributed by atoms with van der Waals surface area (Å²) in [6, 6.07) is 6.42. The third-order valence-electron chi connectivity index (χ3n) is 8.72. The van der Waals surface area contributed by atoms with Gasteiger partial charge in [0.05, 0.1) is 6.04 Å². The Balaban J connectivity index is 1.46. The summed E-state index contributed by atoms with van der Waals surface area (Å²) in [4.78, 5) is 43.8. The van der Waals surface area contributed by atoms with Crippen LogP contribution in [0.2, 0.25) is 5.02 Å². The second-order valence-electron chi connectivity index (χ2n) is 11.0. The van der Waals surface area contributed by atoms with Crippen LogP contribution < -0.4 is 10.6 Å². The van der Waals surface area contributed by atoms with Gasteiger partial charge in [-0.25, -0.2) is 0 Å². The summed E-state index contributed by atoms with van der Waals surface area (Å²) >= 11 is 6.06. The van der Waals surface area contributed by atoms with Gasteiger partial charge >= 0.3 is 0 Å². The molecule has 1 saturated carbocycles. The molecule has 2 amide bonds. The molecule has 0 unspecified atom stereocenters. The van der Waals surface area contributed by atoms with Crippen LogP contribution in [-0.2, 0) is 20.8 Å². The lowest BCUT2D eigenvalue weighted by Crippen LogP contribution is -2.60. The molecule has 0 aromatic heterocycles. The predicted octanol–water partition coefficient (Wildman–Crippen LogP) is 3.05. The van der Waals surface area contributed by atoms with Crippen molar-refractivity contribution in [3.05, 3.63) is 34.9 Å². The summed E-state index contributed by atoms with van der Waals surface area (Å²) in [5.41, 5.74) is 0.645. The first-order valence-corrected chi connectivity index (χ1v) is 13.9. The van der Waals surface area contributed by atoms with Gasteiger partial charge in [-0.2, -0.15) is 0 Å². The van der Waals surface area contributed by atoms with E-state index in [0.717, 1.165) is 44.3 Å². The van der Waals surface area contributed by atoms with E-state index in [9.17, 15) is 14.4 Å². The van der Waals surface area contributed by atoms with Gasteiger partial charge in [0, 0.05) is 49.6 Å². The quantitative estimate of drug-likeness (QED) is 0.582. The van der Waals surface area contributed by atoms with Crippen molar-refractivity contribution in [1.29, 1.82) is 0 Å². The van der Waals surface area contributed by atoms with E-state index >= 15 is 0 Å². The molecule has 2 N–H and O–H groups in total. The molecule has 0 bridgehead atoms. The second-order valence-corrected chi connectivity index (χ2v) is 11.5. The lowest BCUT2D eigenvalue weighted by molar-refractivity contribution is -0.144. The smallest absolute Gasteiger partial charge is 0.245 e. The maximum Gasteiger partial charge on any atom is 0.245 e. The third kappa shape index (κ3) is 6.29. The van der Waals surface area contributed by atoms with Crippen LogP contribution in [-0.4, -0.2) is 79.3 Å². The van der Waals surface area contributed by atoms with Crippen molar-refractivity contribution in [2.75, 3.05) is 39.8 Å². The van der Waals surface area contributed by atoms with E-state index < -0.39 is 6.04 Å². The molecule has 3 aliphatic rings. The van der Waals surface area contributed by atoms with Gasteiger partial charge in [-0.15, -0.1) is 0 Å². The summed E-state index contributed by atoms with van der Waals surface area (Å²) in [7, 11) is 2.00. The van der Waals surface area contributed by atoms with Crippen LogP contribution in [0.4, 0.5) is 0 Å². The Morgan fingerprint density at radius 1 is 1.08 bits per heavy atom. The lowest BCUT2D eigenvalue weighted by Gasteiger charge is -2.47. The fourth-order valence-electron chi connectivity index (χ4n) is 6.45. The van der Waals surface area contributed by atoms with Crippen molar-refractivity contribution < 1.29 is 14.4 Å². The van der Waals surface area contributed by atoms with E-state index in [2.05, 4.69) is 15.5 Å². The Hall–Kier alpha value is -1.96. The monoisotopic (exact) mass is 516 g/mol. The summed E-state index contributed by atoms with van der Waals surface area (Å²) in [6.45, 7) is 5.11. The van der Waals surface area contributed by atoms with Crippen LogP contribution in [0.25, 0.3) is 0 Å². The highest BCUT2D eigenvalue weighted by Crippen LogP contribution is 2.46. The number of hydrogen-bond donors (Lipinski definition) is 2. The van der Waals surface area contributed by atoms with Gasteiger partial charge in [0.25, 0.3) is 0 Å². The Morgan fingerprint density at radius 2 is 1.75 bits per heavy atom. The molecule has 0 radical (unpaired) electrons. The highest BCUT2D eigenvalue weighted by Gasteiger charge is 2.46. The van der Waals surface area contributed by atoms with Crippen molar-refractivity contribution in [3.63, 3.8) is 0 Å². The zero-order valence-electron chi connectivity index (χ0n) is 21.7. The summed E-state index contributed by atoms with van der Waals surface area (Å²) in [5.74, 6) is 0.495. The Bertz CT molecular complexity index is 923. The number of nitrogens with zero attached hydrogens (tertiary/aromatic N) is 2. The van der Waals surface area contributed by atoms with Crippen molar-refractivity contribution >= 4 is 29.2 Å². The Morgan fingerprint density at radius 3 is 2.36 bits per heavy atom. The minimum absolute atomic E-state index is 0.0664. The number of hydrogen-bond acceptors (Lipinski definition) is 5. The molecule has 8 heteroatoms. The predicted molar refractivity (Wildman–Crippen MR) is 142 cm³/mol. The number of carbonyl (C=O) groups is 3. The van der Waals surface area contributed by atoms with Gasteiger partial charge < -0.3 is 20.4 Å². The third-order valence-corrected chi connectivity index (χ3v) is 8.97. The van der Waals surface area contributed by atoms with Crippen LogP contribution in [0.3, 0.4) is 0 Å². The van der Waals surface area contributed by atoms with E-state index in [1.54, 1.807) is 6.92 Å². The van der Waals surface area contributed by atoms with E-state index in [-0.39, 0.29) is 29.1 Å². The average Bonchev–Trinajstić information content (AvgIpc) is 2.89. The van der Waals surface area contributed by atoms with Crippen LogP contribution in [0.5, 0.6) is 0 Å². The molecule has 1 aromatic carbocycles. The first-order valence-electron chi connectivity index (χ1n) is 13.5. The van der Waals surface area contributed by atoms with Gasteiger partial charge in [0.15, 0.2) is 0 Å². The maximum absolute atomic E-state index is 13.8. The molecule has 4 rings (SSSR count). The summed E-state index contributed by atoms with van der Waals surface area (Å²) in [6.07, 6.45) is 7.72. The van der Waals surface area contributed by atoms with Gasteiger partial charge in [-0.3, -0.25) is 14.4 Å². The number of benzene rings is 1. The van der Waals surface area contributed by atoms with Crippen LogP contribution in [0, 0.1) is 11.3 Å². The maximum atomic E-state index is 13.8. The molecule has 198 valence electrons. The van der Waals surface area contributed by atoms with E-state index in [4.69, 9.17) is 11.6 Å². The molecular weight excluding hydrogens is 476 g/mol. The highest BCUT2D eigenvalue weighted by molar-refractivity contribution is 6.30. The molecule has 2 aliphatic heterocycles. The summed E-state index contributed by atoms with van der Waals surface area (Å²) in [5, 5.41) is 6.96. The van der Waals surface area contributed by atoms with Crippen molar-refractivity contribution in [3.8, 4) is 0 Å². The molecule has 3 fully saturated rings. The average molecular weight is 517 g/mol. The standard InChI is InChI=1S/C28H41ClN4O3/c1-20(34)28(22-6-4-3-5-7-22)12-15-33(16-13-28)27(36)24(18-21-8-10-23(29)11-9-21)31-26(35)25-19-32(2)17-14-30-25/h8-11,22,24-25,30H,3-7,12-19H2,1-2H3,(H,31,35)/t24-,25+/m1/s1. The van der Waals surface area contributed by atoms with Crippen LogP contribution in [0.1, 0.15) is 57.4 Å². The molecule has 2 heterocycles. The van der Waals surface area contributed by atoms with E-state index in [1.807, 2.05) is 36.2 Å². The first-order chi connectivity index (χ1) is 17.3. The molecule has 1 aliphatic carbocycles. The van der Waals surface area contributed by atoms with E-state index in [0.29, 0.717) is 37.0 Å². The number of rotatable bonds is 7. The van der Waals surface area contributed by atoms with Gasteiger partial charge in [0.1, 0.15) is 11.8 Å². The van der Waals surface area contributed by atoms with Gasteiger partial charge in [-0.05, 0) is 63.3 Å². The zero-order valence-corrected chi connectivity index (χ0v) is 22.5. The molecular formula is C28H41ClN4O3. The van der Waals surface area contributed by atoms with Crippen molar-refractivity contribution in [2.24, 2.45) is 11.3 Å². The zero-order chi connectivity index (χ0) is 25.7. The number of piperidine rings is 1. The lowest BCUT2D eigenvalue weighted by atomic mass is 9.62. The fourth-order valence-corrected chi connectivity index (χ4v) is 6.58. The van der Waals surface area contributed by atoms with Crippen LogP contribution in [0.15, 0.2) is 24.3 Å². The molecule has 0 spiro atoms. The molecule has 36 heavy (non-hydrogen) atoms. The van der Waals surface area contributed by atoms with Crippen LogP contribution >= 0.6 is 11.6 Å². The number of Topliss-reactive ketones (excluding diaryl/α,β-unsaturated/α-hetero) is 1. The number of likely N-dealkylation sites (N-methyl/N-ethyl adjacent to an activating group) is 1. The largest absolute Gasteiger partial charge is 0.343 e. The molecule has 2 saturated heterocycles. The number of nitrogens with one attached hydrogen (secondary N) is 2. The Kier molecular flexibility index (Phi) is 9.07. The summed E-state index contributed by atoms with van der Waals surface area (Å²) < 4.78 is 0. The number of ketones is 1. The van der Waals surface area contributed by atoms with E-state index in [1.165, 1.54) is 19.3 Å². The molecule has 7 nitrogen and oxygen atoms in total. The SMILES string of the molecule is CC(=O)C1(C2CCCCC2)CCN(C(=O)[C@@H](Cc2ccc(Cl)cc2)NC(=O)[C@@H]2CN(C)CCN2)CC1. The first kappa shape index (κ1) is 27.1. The number of halogens is 1. The minimum atomic E-state index is -0.660. The number of piperazine rings is 1. The molecule has 2 atom stereocenters. The Labute approximate surface area is 220 Å².